The maximum Gasteiger partial charge on any atom is 0.204 e. The molecule has 20 heavy (non-hydrogen) atoms. The van der Waals surface area contributed by atoms with Crippen LogP contribution in [0.2, 0.25) is 0 Å². The van der Waals surface area contributed by atoms with E-state index in [9.17, 15) is 0 Å². The molecule has 0 bridgehead atoms. The third-order valence-corrected chi connectivity index (χ3v) is 3.85. The Morgan fingerprint density at radius 2 is 2.20 bits per heavy atom. The number of rotatable bonds is 6. The Labute approximate surface area is 121 Å². The molecule has 0 radical (unpaired) electrons. The molecule has 0 aromatic carbocycles. The van der Waals surface area contributed by atoms with Crippen LogP contribution in [0.25, 0.3) is 0 Å². The van der Waals surface area contributed by atoms with Crippen LogP contribution in [0.15, 0.2) is 6.33 Å². The Kier molecular flexibility index (Phi) is 5.44. The molecule has 5 heteroatoms. The van der Waals surface area contributed by atoms with Crippen molar-refractivity contribution in [2.75, 3.05) is 30.4 Å². The summed E-state index contributed by atoms with van der Waals surface area (Å²) in [5, 5.41) is 3.25. The molecule has 0 spiro atoms. The van der Waals surface area contributed by atoms with E-state index in [1.807, 2.05) is 0 Å². The molecule has 0 amide bonds. The van der Waals surface area contributed by atoms with Crippen LogP contribution in [-0.4, -0.2) is 36.2 Å². The number of ether oxygens (including phenoxy) is 1. The van der Waals surface area contributed by atoms with Gasteiger partial charge < -0.3 is 15.0 Å². The van der Waals surface area contributed by atoms with E-state index in [0.717, 1.165) is 30.5 Å². The van der Waals surface area contributed by atoms with Crippen LogP contribution in [0.3, 0.4) is 0 Å². The molecule has 1 aromatic heterocycles. The number of anilines is 2. The molecular weight excluding hydrogens is 252 g/mol. The number of methoxy groups -OCH3 is 1. The standard InChI is InChI=1S/C15H26N4O/c1-4-8-12-9-6-7-10-19(12)15-13(20-3)14(16-5-2)17-11-18-15/h11-12H,4-10H2,1-3H3,(H,16,17,18). The van der Waals surface area contributed by atoms with Gasteiger partial charge in [0.2, 0.25) is 5.75 Å². The summed E-state index contributed by atoms with van der Waals surface area (Å²) in [7, 11) is 1.70. The van der Waals surface area contributed by atoms with E-state index in [4.69, 9.17) is 4.74 Å². The second-order valence-corrected chi connectivity index (χ2v) is 5.24. The van der Waals surface area contributed by atoms with E-state index < -0.39 is 0 Å². The average Bonchev–Trinajstić information content (AvgIpc) is 2.48. The molecule has 2 rings (SSSR count). The van der Waals surface area contributed by atoms with Crippen molar-refractivity contribution in [1.29, 1.82) is 0 Å². The van der Waals surface area contributed by atoms with Gasteiger partial charge in [0.1, 0.15) is 6.33 Å². The monoisotopic (exact) mass is 278 g/mol. The average molecular weight is 278 g/mol. The Bertz CT molecular complexity index is 422. The summed E-state index contributed by atoms with van der Waals surface area (Å²) in [5.74, 6) is 2.51. The highest BCUT2D eigenvalue weighted by molar-refractivity contribution is 5.65. The minimum Gasteiger partial charge on any atom is -0.490 e. The van der Waals surface area contributed by atoms with Crippen molar-refractivity contribution in [3.63, 3.8) is 0 Å². The molecule has 1 saturated heterocycles. The van der Waals surface area contributed by atoms with Crippen molar-refractivity contribution >= 4 is 11.6 Å². The predicted octanol–water partition coefficient (Wildman–Crippen LogP) is 3.08. The van der Waals surface area contributed by atoms with Gasteiger partial charge in [-0.2, -0.15) is 0 Å². The van der Waals surface area contributed by atoms with E-state index in [2.05, 4.69) is 34.0 Å². The number of piperidine rings is 1. The molecule has 5 nitrogen and oxygen atoms in total. The molecular formula is C15H26N4O. The lowest BCUT2D eigenvalue weighted by atomic mass is 9.98. The van der Waals surface area contributed by atoms with E-state index in [1.54, 1.807) is 13.4 Å². The zero-order valence-electron chi connectivity index (χ0n) is 12.9. The number of hydrogen-bond donors (Lipinski definition) is 1. The first kappa shape index (κ1) is 14.9. The highest BCUT2D eigenvalue weighted by Crippen LogP contribution is 2.36. The van der Waals surface area contributed by atoms with Gasteiger partial charge in [-0.25, -0.2) is 9.97 Å². The molecule has 1 N–H and O–H groups in total. The summed E-state index contributed by atoms with van der Waals surface area (Å²) in [6.07, 6.45) is 7.84. The quantitative estimate of drug-likeness (QED) is 0.866. The number of hydrogen-bond acceptors (Lipinski definition) is 5. The van der Waals surface area contributed by atoms with Crippen LogP contribution in [0.5, 0.6) is 5.75 Å². The van der Waals surface area contributed by atoms with Gasteiger partial charge in [-0.1, -0.05) is 13.3 Å². The third-order valence-electron chi connectivity index (χ3n) is 3.85. The molecule has 112 valence electrons. The first-order valence-electron chi connectivity index (χ1n) is 7.71. The van der Waals surface area contributed by atoms with E-state index in [1.165, 1.54) is 32.1 Å². The summed E-state index contributed by atoms with van der Waals surface area (Å²) >= 11 is 0. The van der Waals surface area contributed by atoms with Crippen LogP contribution in [0.1, 0.15) is 46.0 Å². The van der Waals surface area contributed by atoms with E-state index in [0.29, 0.717) is 6.04 Å². The normalized spacial score (nSPS) is 18.9. The zero-order valence-corrected chi connectivity index (χ0v) is 12.9. The summed E-state index contributed by atoms with van der Waals surface area (Å²) < 4.78 is 5.58. The fraction of sp³-hybridized carbons (Fsp3) is 0.733. The lowest BCUT2D eigenvalue weighted by Crippen LogP contribution is -2.40. The minimum atomic E-state index is 0.576. The van der Waals surface area contributed by atoms with E-state index >= 15 is 0 Å². The van der Waals surface area contributed by atoms with Gasteiger partial charge >= 0.3 is 0 Å². The molecule has 1 aliphatic rings. The van der Waals surface area contributed by atoms with Gasteiger partial charge in [0.25, 0.3) is 0 Å². The predicted molar refractivity (Wildman–Crippen MR) is 82.6 cm³/mol. The van der Waals surface area contributed by atoms with Gasteiger partial charge in [-0.3, -0.25) is 0 Å². The molecule has 1 unspecified atom stereocenters. The van der Waals surface area contributed by atoms with Gasteiger partial charge in [0.05, 0.1) is 7.11 Å². The summed E-state index contributed by atoms with van der Waals surface area (Å²) in [6, 6.07) is 0.576. The van der Waals surface area contributed by atoms with Gasteiger partial charge in [0.15, 0.2) is 11.6 Å². The van der Waals surface area contributed by atoms with Crippen molar-refractivity contribution in [2.45, 2.75) is 52.0 Å². The smallest absolute Gasteiger partial charge is 0.204 e. The van der Waals surface area contributed by atoms with E-state index in [-0.39, 0.29) is 0 Å². The first-order valence-corrected chi connectivity index (χ1v) is 7.71. The maximum absolute atomic E-state index is 5.58. The van der Waals surface area contributed by atoms with Crippen molar-refractivity contribution < 1.29 is 4.74 Å². The van der Waals surface area contributed by atoms with Crippen LogP contribution in [0, 0.1) is 0 Å². The number of nitrogens with one attached hydrogen (secondary N) is 1. The second kappa shape index (κ2) is 7.31. The van der Waals surface area contributed by atoms with Gasteiger partial charge in [-0.15, -0.1) is 0 Å². The Balaban J connectivity index is 2.31. The third kappa shape index (κ3) is 3.14. The Hall–Kier alpha value is -1.52. The lowest BCUT2D eigenvalue weighted by molar-refractivity contribution is 0.395. The van der Waals surface area contributed by atoms with Crippen molar-refractivity contribution in [2.24, 2.45) is 0 Å². The molecule has 2 heterocycles. The Morgan fingerprint density at radius 3 is 2.90 bits per heavy atom. The molecule has 0 saturated carbocycles. The molecule has 0 aliphatic carbocycles. The fourth-order valence-electron chi connectivity index (χ4n) is 2.96. The summed E-state index contributed by atoms with van der Waals surface area (Å²) in [6.45, 7) is 6.19. The zero-order chi connectivity index (χ0) is 14.4. The molecule has 1 aliphatic heterocycles. The van der Waals surface area contributed by atoms with Crippen molar-refractivity contribution in [3.8, 4) is 5.75 Å². The highest BCUT2D eigenvalue weighted by atomic mass is 16.5. The van der Waals surface area contributed by atoms with Crippen molar-refractivity contribution in [3.05, 3.63) is 6.33 Å². The number of aromatic nitrogens is 2. The molecule has 1 aromatic rings. The fourth-order valence-corrected chi connectivity index (χ4v) is 2.96. The highest BCUT2D eigenvalue weighted by Gasteiger charge is 2.26. The summed E-state index contributed by atoms with van der Waals surface area (Å²) in [5.41, 5.74) is 0. The molecule has 1 atom stereocenters. The van der Waals surface area contributed by atoms with Crippen LogP contribution < -0.4 is 15.0 Å². The second-order valence-electron chi connectivity index (χ2n) is 5.24. The minimum absolute atomic E-state index is 0.576. The largest absolute Gasteiger partial charge is 0.490 e. The summed E-state index contributed by atoms with van der Waals surface area (Å²) in [4.78, 5) is 11.2. The van der Waals surface area contributed by atoms with Crippen LogP contribution in [-0.2, 0) is 0 Å². The first-order chi connectivity index (χ1) is 9.81. The van der Waals surface area contributed by atoms with Crippen LogP contribution >= 0.6 is 0 Å². The van der Waals surface area contributed by atoms with Crippen LogP contribution in [0.4, 0.5) is 11.6 Å². The topological polar surface area (TPSA) is 50.3 Å². The molecule has 1 fully saturated rings. The SMILES string of the molecule is CCCC1CCCCN1c1ncnc(NCC)c1OC. The van der Waals surface area contributed by atoms with Crippen molar-refractivity contribution in [1.82, 2.24) is 9.97 Å². The number of nitrogens with zero attached hydrogens (tertiary/aromatic N) is 3. The van der Waals surface area contributed by atoms with Gasteiger partial charge in [-0.05, 0) is 32.6 Å². The lowest BCUT2D eigenvalue weighted by Gasteiger charge is -2.37. The van der Waals surface area contributed by atoms with Gasteiger partial charge in [0, 0.05) is 19.1 Å². The maximum atomic E-state index is 5.58. The Morgan fingerprint density at radius 1 is 1.35 bits per heavy atom.